The lowest BCUT2D eigenvalue weighted by Gasteiger charge is -2.34. The average Bonchev–Trinajstić information content (AvgIpc) is 1.92. The molecule has 0 amide bonds. The molecule has 2 bridgehead atoms. The van der Waals surface area contributed by atoms with E-state index in [0.29, 0.717) is 0 Å². The molecule has 0 aliphatic carbocycles. The lowest BCUT2D eigenvalue weighted by atomic mass is 9.96. The van der Waals surface area contributed by atoms with Crippen molar-refractivity contribution in [3.63, 3.8) is 0 Å². The zero-order valence-electron chi connectivity index (χ0n) is 5.06. The Kier molecular flexibility index (Phi) is 1.02. The van der Waals surface area contributed by atoms with E-state index in [1.165, 1.54) is 25.9 Å². The minimum Gasteiger partial charge on any atom is -0.341 e. The maximum atomic E-state index is 3.49. The van der Waals surface area contributed by atoms with Gasteiger partial charge in [0.25, 0.3) is 0 Å². The molecule has 0 radical (unpaired) electrons. The number of hydrogen-bond donors (Lipinski definition) is 2. The summed E-state index contributed by atoms with van der Waals surface area (Å²) in [5.74, 6) is 0. The van der Waals surface area contributed by atoms with Gasteiger partial charge in [-0.05, 0) is 6.42 Å². The summed E-state index contributed by atoms with van der Waals surface area (Å²) in [7, 11) is 0. The lowest BCUT2D eigenvalue weighted by Crippen LogP contribution is -2.98. The fraction of sp³-hybridized carbons (Fsp3) is 1.00. The molecule has 2 unspecified atom stereocenters. The van der Waals surface area contributed by atoms with Crippen molar-refractivity contribution in [1.82, 2.24) is 5.32 Å². The summed E-state index contributed by atoms with van der Waals surface area (Å²) in [6.07, 6.45) is 2.86. The van der Waals surface area contributed by atoms with E-state index in [1.54, 1.807) is 0 Å². The van der Waals surface area contributed by atoms with Crippen LogP contribution in [0.1, 0.15) is 12.8 Å². The molecule has 2 heteroatoms. The van der Waals surface area contributed by atoms with Gasteiger partial charge in [-0.15, -0.1) is 0 Å². The highest BCUT2D eigenvalue weighted by atomic mass is 15.1. The number of quaternary nitrogens is 1. The van der Waals surface area contributed by atoms with E-state index in [-0.39, 0.29) is 0 Å². The predicted octanol–water partition coefficient (Wildman–Crippen LogP) is -1.32. The van der Waals surface area contributed by atoms with Crippen LogP contribution in [0.15, 0.2) is 0 Å². The Balaban J connectivity index is 2.03. The zero-order valence-corrected chi connectivity index (χ0v) is 5.06. The van der Waals surface area contributed by atoms with E-state index in [4.69, 9.17) is 0 Å². The van der Waals surface area contributed by atoms with Crippen LogP contribution in [0, 0.1) is 0 Å². The first-order valence-electron chi connectivity index (χ1n) is 3.52. The van der Waals surface area contributed by atoms with Gasteiger partial charge in [0.2, 0.25) is 0 Å². The second-order valence-corrected chi connectivity index (χ2v) is 2.91. The van der Waals surface area contributed by atoms with Crippen molar-refractivity contribution in [2.75, 3.05) is 13.1 Å². The summed E-state index contributed by atoms with van der Waals surface area (Å²) in [6.45, 7) is 2.58. The Bertz CT molecular complexity index is 61.5. The maximum Gasteiger partial charge on any atom is 0.0986 e. The van der Waals surface area contributed by atoms with Crippen molar-refractivity contribution in [3.8, 4) is 0 Å². The largest absolute Gasteiger partial charge is 0.341 e. The Morgan fingerprint density at radius 2 is 2.38 bits per heavy atom. The minimum absolute atomic E-state index is 0.847. The van der Waals surface area contributed by atoms with E-state index in [9.17, 15) is 0 Å². The highest BCUT2D eigenvalue weighted by Crippen LogP contribution is 2.07. The van der Waals surface area contributed by atoms with Crippen LogP contribution in [0.25, 0.3) is 0 Å². The van der Waals surface area contributed by atoms with E-state index in [1.807, 2.05) is 0 Å². The standard InChI is InChI=1S/C6H12N2/c1-2-6-4-7-5(1)3-8-6/h5-8H,1-4H2/p+1. The first-order chi connectivity index (χ1) is 3.95. The third kappa shape index (κ3) is 0.644. The number of rotatable bonds is 0. The van der Waals surface area contributed by atoms with Gasteiger partial charge in [-0.25, -0.2) is 0 Å². The smallest absolute Gasteiger partial charge is 0.0986 e. The molecule has 2 atom stereocenters. The molecule has 3 fully saturated rings. The van der Waals surface area contributed by atoms with Crippen LogP contribution < -0.4 is 10.6 Å². The molecule has 3 aliphatic rings. The fourth-order valence-electron chi connectivity index (χ4n) is 1.70. The summed E-state index contributed by atoms with van der Waals surface area (Å²) >= 11 is 0. The second-order valence-electron chi connectivity index (χ2n) is 2.91. The minimum atomic E-state index is 0.847. The van der Waals surface area contributed by atoms with E-state index in [2.05, 4.69) is 10.6 Å². The molecule has 46 valence electrons. The highest BCUT2D eigenvalue weighted by molar-refractivity contribution is 4.79. The Labute approximate surface area is 49.7 Å². The molecular weight excluding hydrogens is 100 g/mol. The predicted molar refractivity (Wildman–Crippen MR) is 31.6 cm³/mol. The molecule has 0 aromatic carbocycles. The van der Waals surface area contributed by atoms with E-state index >= 15 is 0 Å². The van der Waals surface area contributed by atoms with Crippen LogP contribution in [0.3, 0.4) is 0 Å². The highest BCUT2D eigenvalue weighted by Gasteiger charge is 2.29. The Morgan fingerprint density at radius 3 is 2.50 bits per heavy atom. The number of fused-ring (bicyclic) bond motifs is 3. The monoisotopic (exact) mass is 113 g/mol. The quantitative estimate of drug-likeness (QED) is 0.401. The molecule has 2 nitrogen and oxygen atoms in total. The van der Waals surface area contributed by atoms with Crippen LogP contribution in [-0.2, 0) is 0 Å². The van der Waals surface area contributed by atoms with Gasteiger partial charge in [0, 0.05) is 13.0 Å². The molecule has 0 aromatic heterocycles. The summed E-state index contributed by atoms with van der Waals surface area (Å²) in [5.41, 5.74) is 0. The molecule has 0 aromatic rings. The van der Waals surface area contributed by atoms with Crippen molar-refractivity contribution < 1.29 is 5.32 Å². The van der Waals surface area contributed by atoms with Gasteiger partial charge in [-0.3, -0.25) is 0 Å². The number of nitrogens with one attached hydrogen (secondary N) is 1. The van der Waals surface area contributed by atoms with Crippen molar-refractivity contribution in [2.24, 2.45) is 0 Å². The third-order valence-electron chi connectivity index (χ3n) is 2.31. The third-order valence-corrected chi connectivity index (χ3v) is 2.31. The molecule has 3 N–H and O–H groups in total. The van der Waals surface area contributed by atoms with Crippen molar-refractivity contribution in [2.45, 2.75) is 24.9 Å². The summed E-state index contributed by atoms with van der Waals surface area (Å²) in [5, 5.41) is 5.96. The summed E-state index contributed by atoms with van der Waals surface area (Å²) in [6, 6.07) is 1.76. The molecule has 3 saturated heterocycles. The zero-order chi connectivity index (χ0) is 5.40. The van der Waals surface area contributed by atoms with Crippen molar-refractivity contribution in [3.05, 3.63) is 0 Å². The van der Waals surface area contributed by atoms with Gasteiger partial charge >= 0.3 is 0 Å². The molecule has 3 rings (SSSR count). The second kappa shape index (κ2) is 1.71. The first kappa shape index (κ1) is 4.77. The van der Waals surface area contributed by atoms with Gasteiger partial charge in [0.15, 0.2) is 0 Å². The summed E-state index contributed by atoms with van der Waals surface area (Å²) in [4.78, 5) is 0. The molecule has 0 saturated carbocycles. The molecular formula is C6H13N2+. The van der Waals surface area contributed by atoms with Crippen molar-refractivity contribution >= 4 is 0 Å². The van der Waals surface area contributed by atoms with Crippen LogP contribution in [0.2, 0.25) is 0 Å². The topological polar surface area (TPSA) is 28.6 Å². The van der Waals surface area contributed by atoms with Gasteiger partial charge < -0.3 is 10.6 Å². The molecule has 3 aliphatic heterocycles. The van der Waals surface area contributed by atoms with Crippen LogP contribution in [-0.4, -0.2) is 25.2 Å². The molecule has 8 heavy (non-hydrogen) atoms. The van der Waals surface area contributed by atoms with Gasteiger partial charge in [-0.2, -0.15) is 0 Å². The van der Waals surface area contributed by atoms with Crippen LogP contribution >= 0.6 is 0 Å². The van der Waals surface area contributed by atoms with Gasteiger partial charge in [0.05, 0.1) is 18.6 Å². The van der Waals surface area contributed by atoms with Gasteiger partial charge in [0.1, 0.15) is 0 Å². The maximum absolute atomic E-state index is 3.49. The normalized spacial score (nSPS) is 45.0. The summed E-state index contributed by atoms with van der Waals surface area (Å²) < 4.78 is 0. The Hall–Kier alpha value is -0.0800. The first-order valence-corrected chi connectivity index (χ1v) is 3.52. The Morgan fingerprint density at radius 1 is 1.38 bits per heavy atom. The number of nitrogens with two attached hydrogens (primary N) is 1. The van der Waals surface area contributed by atoms with Crippen LogP contribution in [0.5, 0.6) is 0 Å². The molecule has 3 heterocycles. The fourth-order valence-corrected chi connectivity index (χ4v) is 1.70. The molecule has 0 spiro atoms. The van der Waals surface area contributed by atoms with Crippen LogP contribution in [0.4, 0.5) is 0 Å². The SMILES string of the molecule is C1CC2CNC1C[NH2+]2. The van der Waals surface area contributed by atoms with Crippen molar-refractivity contribution in [1.29, 1.82) is 0 Å². The average molecular weight is 113 g/mol. The number of piperidine rings is 2. The van der Waals surface area contributed by atoms with E-state index in [0.717, 1.165) is 12.1 Å². The van der Waals surface area contributed by atoms with E-state index < -0.39 is 0 Å². The number of piperazine rings is 1. The van der Waals surface area contributed by atoms with Gasteiger partial charge in [-0.1, -0.05) is 0 Å². The lowest BCUT2D eigenvalue weighted by molar-refractivity contribution is -0.706. The number of hydrogen-bond acceptors (Lipinski definition) is 1.